The van der Waals surface area contributed by atoms with E-state index in [1.165, 1.54) is 11.1 Å². The van der Waals surface area contributed by atoms with Crippen LogP contribution in [0.1, 0.15) is 43.9 Å². The molecule has 0 saturated heterocycles. The lowest BCUT2D eigenvalue weighted by Crippen LogP contribution is -2.41. The second-order valence-electron chi connectivity index (χ2n) is 5.38. The van der Waals surface area contributed by atoms with Gasteiger partial charge in [0.2, 0.25) is 0 Å². The summed E-state index contributed by atoms with van der Waals surface area (Å²) in [7, 11) is 3.77. The molecule has 2 unspecified atom stereocenters. The Morgan fingerprint density at radius 1 is 1.47 bits per heavy atom. The lowest BCUT2D eigenvalue weighted by atomic mass is 9.85. The van der Waals surface area contributed by atoms with Crippen LogP contribution in [0.4, 0.5) is 0 Å². The minimum Gasteiger partial charge on any atom is -0.493 e. The van der Waals surface area contributed by atoms with Crippen LogP contribution in [0.15, 0.2) is 18.2 Å². The summed E-state index contributed by atoms with van der Waals surface area (Å²) in [5, 5.41) is 3.41. The van der Waals surface area contributed by atoms with Gasteiger partial charge in [0.05, 0.1) is 18.2 Å². The fraction of sp³-hybridized carbons (Fsp3) is 0.625. The van der Waals surface area contributed by atoms with Gasteiger partial charge in [-0.3, -0.25) is 0 Å². The summed E-state index contributed by atoms with van der Waals surface area (Å²) in [5.74, 6) is 1.06. The largest absolute Gasteiger partial charge is 0.493 e. The van der Waals surface area contributed by atoms with Crippen molar-refractivity contribution in [1.82, 2.24) is 5.32 Å². The van der Waals surface area contributed by atoms with Crippen LogP contribution in [0.2, 0.25) is 0 Å². The molecule has 1 aromatic rings. The van der Waals surface area contributed by atoms with Crippen molar-refractivity contribution in [2.75, 3.05) is 20.8 Å². The highest BCUT2D eigenvalue weighted by Crippen LogP contribution is 2.39. The van der Waals surface area contributed by atoms with Crippen LogP contribution >= 0.6 is 0 Å². The molecule has 0 amide bonds. The molecule has 2 atom stereocenters. The summed E-state index contributed by atoms with van der Waals surface area (Å²) < 4.78 is 11.7. The van der Waals surface area contributed by atoms with Gasteiger partial charge >= 0.3 is 0 Å². The number of fused-ring (bicyclic) bond motifs is 1. The van der Waals surface area contributed by atoms with Gasteiger partial charge in [0.25, 0.3) is 0 Å². The van der Waals surface area contributed by atoms with Gasteiger partial charge < -0.3 is 14.8 Å². The number of hydrogen-bond donors (Lipinski definition) is 1. The maximum absolute atomic E-state index is 5.93. The highest BCUT2D eigenvalue weighted by molar-refractivity contribution is 5.45. The third-order valence-corrected chi connectivity index (χ3v) is 4.34. The number of hydrogen-bond acceptors (Lipinski definition) is 3. The van der Waals surface area contributed by atoms with E-state index in [0.29, 0.717) is 0 Å². The van der Waals surface area contributed by atoms with Crippen LogP contribution in [-0.2, 0) is 11.2 Å². The lowest BCUT2D eigenvalue weighted by Gasteiger charge is -2.37. The van der Waals surface area contributed by atoms with Crippen molar-refractivity contribution < 1.29 is 9.47 Å². The molecule has 0 aliphatic carbocycles. The molecule has 1 aliphatic rings. The molecule has 0 radical (unpaired) electrons. The Morgan fingerprint density at radius 3 is 2.89 bits per heavy atom. The van der Waals surface area contributed by atoms with E-state index in [2.05, 4.69) is 37.4 Å². The Bertz CT molecular complexity index is 427. The van der Waals surface area contributed by atoms with E-state index in [0.717, 1.165) is 31.6 Å². The lowest BCUT2D eigenvalue weighted by molar-refractivity contribution is -0.0287. The van der Waals surface area contributed by atoms with Gasteiger partial charge in [-0.2, -0.15) is 0 Å². The average Bonchev–Trinajstić information content (AvgIpc) is 2.48. The molecule has 0 spiro atoms. The standard InChI is InChI=1S/C16H25NO2/c1-5-16(2,18-4)15(17-3)13-10-6-8-12-9-7-11-19-14(12)13/h6,8,10,15,17H,5,7,9,11H2,1-4H3. The number of para-hydroxylation sites is 1. The third kappa shape index (κ3) is 2.63. The summed E-state index contributed by atoms with van der Waals surface area (Å²) in [6.45, 7) is 5.12. The van der Waals surface area contributed by atoms with E-state index in [4.69, 9.17) is 9.47 Å². The summed E-state index contributed by atoms with van der Waals surface area (Å²) in [6, 6.07) is 6.58. The summed E-state index contributed by atoms with van der Waals surface area (Å²) in [5.41, 5.74) is 2.30. The number of aryl methyl sites for hydroxylation is 1. The molecule has 1 N–H and O–H groups in total. The van der Waals surface area contributed by atoms with Gasteiger partial charge in [-0.25, -0.2) is 0 Å². The normalized spacial score (nSPS) is 19.2. The molecule has 0 aromatic heterocycles. The van der Waals surface area contributed by atoms with Gasteiger partial charge in [-0.05, 0) is 38.8 Å². The fourth-order valence-corrected chi connectivity index (χ4v) is 2.90. The van der Waals surface area contributed by atoms with Crippen molar-refractivity contribution >= 4 is 0 Å². The fourth-order valence-electron chi connectivity index (χ4n) is 2.90. The number of benzene rings is 1. The Hall–Kier alpha value is -1.06. The number of rotatable bonds is 5. The molecule has 0 fully saturated rings. The van der Waals surface area contributed by atoms with E-state index in [1.54, 1.807) is 7.11 Å². The van der Waals surface area contributed by atoms with Crippen molar-refractivity contribution in [1.29, 1.82) is 0 Å². The Kier molecular flexibility index (Phi) is 4.48. The highest BCUT2D eigenvalue weighted by atomic mass is 16.5. The van der Waals surface area contributed by atoms with E-state index >= 15 is 0 Å². The van der Waals surface area contributed by atoms with E-state index in [1.807, 2.05) is 7.05 Å². The molecule has 0 bridgehead atoms. The van der Waals surface area contributed by atoms with Crippen LogP contribution in [0.25, 0.3) is 0 Å². The van der Waals surface area contributed by atoms with Gasteiger partial charge in [0, 0.05) is 12.7 Å². The van der Waals surface area contributed by atoms with Crippen molar-refractivity contribution in [2.45, 2.75) is 44.8 Å². The van der Waals surface area contributed by atoms with Crippen LogP contribution in [0.3, 0.4) is 0 Å². The maximum atomic E-state index is 5.93. The molecule has 3 nitrogen and oxygen atoms in total. The van der Waals surface area contributed by atoms with E-state index < -0.39 is 0 Å². The zero-order valence-electron chi connectivity index (χ0n) is 12.5. The number of methoxy groups -OCH3 is 1. The smallest absolute Gasteiger partial charge is 0.127 e. The predicted octanol–water partition coefficient (Wildman–Crippen LogP) is 3.09. The minimum atomic E-state index is -0.231. The molecule has 0 saturated carbocycles. The second kappa shape index (κ2) is 5.93. The van der Waals surface area contributed by atoms with Crippen molar-refractivity contribution in [3.63, 3.8) is 0 Å². The summed E-state index contributed by atoms with van der Waals surface area (Å²) >= 11 is 0. The SMILES string of the molecule is CCC(C)(OC)C(NC)c1cccc2c1OCCC2. The second-order valence-corrected chi connectivity index (χ2v) is 5.38. The zero-order valence-corrected chi connectivity index (χ0v) is 12.5. The molecule has 1 heterocycles. The first-order valence-electron chi connectivity index (χ1n) is 7.13. The van der Waals surface area contributed by atoms with E-state index in [9.17, 15) is 0 Å². The van der Waals surface area contributed by atoms with Gasteiger partial charge in [-0.1, -0.05) is 25.1 Å². The maximum Gasteiger partial charge on any atom is 0.127 e. The molecule has 3 heteroatoms. The Labute approximate surface area is 116 Å². The molecule has 1 aromatic carbocycles. The summed E-state index contributed by atoms with van der Waals surface area (Å²) in [6.07, 6.45) is 3.16. The van der Waals surface area contributed by atoms with Crippen LogP contribution in [0, 0.1) is 0 Å². The molecular formula is C16H25NO2. The van der Waals surface area contributed by atoms with Crippen LogP contribution < -0.4 is 10.1 Å². The zero-order chi connectivity index (χ0) is 13.9. The third-order valence-electron chi connectivity index (χ3n) is 4.34. The topological polar surface area (TPSA) is 30.5 Å². The highest BCUT2D eigenvalue weighted by Gasteiger charge is 2.35. The molecule has 1 aliphatic heterocycles. The predicted molar refractivity (Wildman–Crippen MR) is 77.8 cm³/mol. The molecule has 106 valence electrons. The Balaban J connectivity index is 2.44. The molecular weight excluding hydrogens is 238 g/mol. The van der Waals surface area contributed by atoms with Crippen LogP contribution in [-0.4, -0.2) is 26.4 Å². The number of likely N-dealkylation sites (N-methyl/N-ethyl adjacent to an activating group) is 1. The quantitative estimate of drug-likeness (QED) is 0.885. The minimum absolute atomic E-state index is 0.135. The van der Waals surface area contributed by atoms with E-state index in [-0.39, 0.29) is 11.6 Å². The first kappa shape index (κ1) is 14.4. The molecule has 2 rings (SSSR count). The van der Waals surface area contributed by atoms with Gasteiger partial charge in [-0.15, -0.1) is 0 Å². The monoisotopic (exact) mass is 263 g/mol. The first-order valence-corrected chi connectivity index (χ1v) is 7.13. The average molecular weight is 263 g/mol. The first-order chi connectivity index (χ1) is 9.16. The number of nitrogens with one attached hydrogen (secondary N) is 1. The van der Waals surface area contributed by atoms with Gasteiger partial charge in [0.15, 0.2) is 0 Å². The van der Waals surface area contributed by atoms with Crippen molar-refractivity contribution in [3.05, 3.63) is 29.3 Å². The van der Waals surface area contributed by atoms with Crippen molar-refractivity contribution in [3.8, 4) is 5.75 Å². The van der Waals surface area contributed by atoms with Crippen LogP contribution in [0.5, 0.6) is 5.75 Å². The summed E-state index contributed by atoms with van der Waals surface area (Å²) in [4.78, 5) is 0. The number of ether oxygens (including phenoxy) is 2. The van der Waals surface area contributed by atoms with Gasteiger partial charge in [0.1, 0.15) is 5.75 Å². The van der Waals surface area contributed by atoms with Crippen molar-refractivity contribution in [2.24, 2.45) is 0 Å². The Morgan fingerprint density at radius 2 is 2.26 bits per heavy atom. The molecule has 19 heavy (non-hydrogen) atoms.